The first-order valence-corrected chi connectivity index (χ1v) is 3.78. The molecule has 1 fully saturated rings. The van der Waals surface area contributed by atoms with Crippen LogP contribution in [0.5, 0.6) is 0 Å². The molecule has 0 aromatic rings. The smallest absolute Gasteiger partial charge is 0.240 e. The lowest BCUT2D eigenvalue weighted by Crippen LogP contribution is -2.39. The van der Waals surface area contributed by atoms with E-state index in [0.717, 1.165) is 0 Å². The van der Waals surface area contributed by atoms with Gasteiger partial charge in [0.15, 0.2) is 0 Å². The van der Waals surface area contributed by atoms with Gasteiger partial charge in [-0.3, -0.25) is 9.59 Å². The molecule has 0 aromatic heterocycles. The van der Waals surface area contributed by atoms with Crippen molar-refractivity contribution in [1.29, 1.82) is 0 Å². The molecule has 1 aliphatic rings. The number of rotatable bonds is 3. The second kappa shape index (κ2) is 3.88. The fourth-order valence-corrected chi connectivity index (χ4v) is 1.30. The molecule has 0 aromatic carbocycles. The average molecular weight is 185 g/mol. The van der Waals surface area contributed by atoms with Crippen molar-refractivity contribution < 1.29 is 14.4 Å². The largest absolute Gasteiger partial charge is 0.399 e. The van der Waals surface area contributed by atoms with Crippen molar-refractivity contribution in [3.8, 4) is 0 Å². The number of amides is 2. The molecule has 1 heterocycles. The summed E-state index contributed by atoms with van der Waals surface area (Å²) in [4.78, 5) is 27.2. The summed E-state index contributed by atoms with van der Waals surface area (Å²) in [7, 11) is 1.41. The number of hydrogen-bond acceptors (Lipinski definition) is 4. The van der Waals surface area contributed by atoms with Crippen LogP contribution in [0.25, 0.3) is 0 Å². The maximum absolute atomic E-state index is 10.8. The van der Waals surface area contributed by atoms with Crippen LogP contribution in [0.3, 0.4) is 0 Å². The minimum Gasteiger partial charge on any atom is -0.399 e. The van der Waals surface area contributed by atoms with Crippen LogP contribution < -0.4 is 5.73 Å². The zero-order valence-corrected chi connectivity index (χ0v) is 7.27. The van der Waals surface area contributed by atoms with Gasteiger partial charge in [0.05, 0.1) is 12.3 Å². The maximum Gasteiger partial charge on any atom is 0.240 e. The third-order valence-corrected chi connectivity index (χ3v) is 1.88. The highest BCUT2D eigenvalue weighted by atomic mass is 16.6. The standard InChI is InChI=1S/C7H11N3O3/c1-13-9-5-2-6(7(8)12)10(3-5)4-11/h4,6H,2-3H2,1H3,(H2,8,12). The van der Waals surface area contributed by atoms with Gasteiger partial charge in [0.25, 0.3) is 0 Å². The van der Waals surface area contributed by atoms with E-state index in [9.17, 15) is 9.59 Å². The molecule has 0 saturated carbocycles. The molecule has 1 saturated heterocycles. The molecule has 6 heteroatoms. The Kier molecular flexibility index (Phi) is 2.84. The quantitative estimate of drug-likeness (QED) is 0.438. The van der Waals surface area contributed by atoms with Crippen molar-refractivity contribution in [3.63, 3.8) is 0 Å². The highest BCUT2D eigenvalue weighted by Gasteiger charge is 2.32. The summed E-state index contributed by atoms with van der Waals surface area (Å²) in [5.41, 5.74) is 5.74. The number of primary amides is 1. The lowest BCUT2D eigenvalue weighted by Gasteiger charge is -2.14. The number of carbonyl (C=O) groups excluding carboxylic acids is 2. The number of nitrogens with zero attached hydrogens (tertiary/aromatic N) is 2. The molecule has 72 valence electrons. The summed E-state index contributed by atoms with van der Waals surface area (Å²) >= 11 is 0. The molecule has 1 unspecified atom stereocenters. The van der Waals surface area contributed by atoms with Gasteiger partial charge in [0, 0.05) is 6.42 Å². The van der Waals surface area contributed by atoms with Gasteiger partial charge < -0.3 is 15.5 Å². The Labute approximate surface area is 75.3 Å². The minimum absolute atomic E-state index is 0.310. The number of carbonyl (C=O) groups is 2. The van der Waals surface area contributed by atoms with E-state index < -0.39 is 11.9 Å². The monoisotopic (exact) mass is 185 g/mol. The molecule has 0 radical (unpaired) electrons. The van der Waals surface area contributed by atoms with Gasteiger partial charge in [-0.2, -0.15) is 0 Å². The van der Waals surface area contributed by atoms with E-state index in [1.54, 1.807) is 0 Å². The Balaban J connectivity index is 2.72. The van der Waals surface area contributed by atoms with Gasteiger partial charge in [-0.05, 0) is 0 Å². The molecular weight excluding hydrogens is 174 g/mol. The Bertz CT molecular complexity index is 251. The van der Waals surface area contributed by atoms with E-state index in [0.29, 0.717) is 25.1 Å². The first kappa shape index (κ1) is 9.50. The van der Waals surface area contributed by atoms with E-state index in [1.165, 1.54) is 12.0 Å². The van der Waals surface area contributed by atoms with E-state index in [1.807, 2.05) is 0 Å². The highest BCUT2D eigenvalue weighted by Crippen LogP contribution is 2.12. The van der Waals surface area contributed by atoms with Gasteiger partial charge in [-0.15, -0.1) is 0 Å². The van der Waals surface area contributed by atoms with Crippen molar-refractivity contribution in [3.05, 3.63) is 0 Å². The zero-order valence-electron chi connectivity index (χ0n) is 7.27. The Morgan fingerprint density at radius 3 is 2.92 bits per heavy atom. The second-order valence-electron chi connectivity index (χ2n) is 2.74. The van der Waals surface area contributed by atoms with Gasteiger partial charge in [0.2, 0.25) is 12.3 Å². The lowest BCUT2D eigenvalue weighted by molar-refractivity contribution is -0.128. The molecule has 2 amide bonds. The number of hydrogen-bond donors (Lipinski definition) is 1. The van der Waals surface area contributed by atoms with Crippen molar-refractivity contribution >= 4 is 18.0 Å². The molecular formula is C7H11N3O3. The number of likely N-dealkylation sites (tertiary alicyclic amines) is 1. The molecule has 0 bridgehead atoms. The SMILES string of the molecule is CON=C1CC(C(N)=O)N(C=O)C1. The van der Waals surface area contributed by atoms with Crippen LogP contribution in [0.4, 0.5) is 0 Å². The second-order valence-corrected chi connectivity index (χ2v) is 2.74. The van der Waals surface area contributed by atoms with E-state index in [4.69, 9.17) is 5.73 Å². The number of oxime groups is 1. The van der Waals surface area contributed by atoms with Crippen LogP contribution in [0.1, 0.15) is 6.42 Å². The summed E-state index contributed by atoms with van der Waals surface area (Å²) in [5, 5.41) is 3.66. The Hall–Kier alpha value is -1.59. The minimum atomic E-state index is -0.577. The van der Waals surface area contributed by atoms with Gasteiger partial charge in [-0.25, -0.2) is 0 Å². The Morgan fingerprint density at radius 1 is 1.85 bits per heavy atom. The van der Waals surface area contributed by atoms with Crippen LogP contribution in [0.15, 0.2) is 5.16 Å². The van der Waals surface area contributed by atoms with Crippen molar-refractivity contribution in [2.45, 2.75) is 12.5 Å². The molecule has 1 rings (SSSR count). The topological polar surface area (TPSA) is 85.0 Å². The molecule has 2 N–H and O–H groups in total. The van der Waals surface area contributed by atoms with Crippen molar-refractivity contribution in [1.82, 2.24) is 4.90 Å². The summed E-state index contributed by atoms with van der Waals surface area (Å²) in [6.45, 7) is 0.310. The lowest BCUT2D eigenvalue weighted by atomic mass is 10.2. The predicted octanol–water partition coefficient (Wildman–Crippen LogP) is -1.30. The summed E-state index contributed by atoms with van der Waals surface area (Å²) in [5.74, 6) is -0.520. The molecule has 1 atom stereocenters. The van der Waals surface area contributed by atoms with E-state index in [2.05, 4.69) is 9.99 Å². The predicted molar refractivity (Wildman–Crippen MR) is 44.8 cm³/mol. The van der Waals surface area contributed by atoms with Gasteiger partial charge >= 0.3 is 0 Å². The van der Waals surface area contributed by atoms with Crippen LogP contribution in [0.2, 0.25) is 0 Å². The fraction of sp³-hybridized carbons (Fsp3) is 0.571. The van der Waals surface area contributed by atoms with Gasteiger partial charge in [-0.1, -0.05) is 5.16 Å². The summed E-state index contributed by atoms with van der Waals surface area (Å²) in [6.07, 6.45) is 0.954. The van der Waals surface area contributed by atoms with Crippen LogP contribution >= 0.6 is 0 Å². The Morgan fingerprint density at radius 2 is 2.54 bits per heavy atom. The summed E-state index contributed by atoms with van der Waals surface area (Å²) < 4.78 is 0. The molecule has 1 aliphatic heterocycles. The molecule has 0 aliphatic carbocycles. The zero-order chi connectivity index (χ0) is 9.84. The molecule has 6 nitrogen and oxygen atoms in total. The third-order valence-electron chi connectivity index (χ3n) is 1.88. The summed E-state index contributed by atoms with van der Waals surface area (Å²) in [6, 6.07) is -0.577. The molecule has 13 heavy (non-hydrogen) atoms. The average Bonchev–Trinajstić information content (AvgIpc) is 2.48. The van der Waals surface area contributed by atoms with Crippen molar-refractivity contribution in [2.24, 2.45) is 10.9 Å². The van der Waals surface area contributed by atoms with Crippen LogP contribution in [-0.2, 0) is 14.4 Å². The molecule has 0 spiro atoms. The van der Waals surface area contributed by atoms with E-state index >= 15 is 0 Å². The van der Waals surface area contributed by atoms with Crippen molar-refractivity contribution in [2.75, 3.05) is 13.7 Å². The third kappa shape index (κ3) is 1.95. The first-order valence-electron chi connectivity index (χ1n) is 3.78. The fourth-order valence-electron chi connectivity index (χ4n) is 1.30. The maximum atomic E-state index is 10.8. The highest BCUT2D eigenvalue weighted by molar-refractivity contribution is 5.97. The van der Waals surface area contributed by atoms with Crippen LogP contribution in [-0.4, -0.2) is 42.6 Å². The normalized spacial score (nSPS) is 24.8. The van der Waals surface area contributed by atoms with E-state index in [-0.39, 0.29) is 0 Å². The number of nitrogens with two attached hydrogens (primary N) is 1. The first-order chi connectivity index (χ1) is 6.19. The van der Waals surface area contributed by atoms with Gasteiger partial charge in [0.1, 0.15) is 13.2 Å². The van der Waals surface area contributed by atoms with Crippen LogP contribution in [0, 0.1) is 0 Å².